The van der Waals surface area contributed by atoms with Crippen molar-refractivity contribution in [3.05, 3.63) is 47.5 Å². The molecule has 0 spiro atoms. The molecule has 2 unspecified atom stereocenters. The minimum absolute atomic E-state index is 0. The van der Waals surface area contributed by atoms with Crippen molar-refractivity contribution in [3.63, 3.8) is 0 Å². The summed E-state index contributed by atoms with van der Waals surface area (Å²) in [5, 5.41) is 22.3. The first kappa shape index (κ1) is 24.2. The van der Waals surface area contributed by atoms with Gasteiger partial charge in [-0.15, -0.1) is 0 Å². The largest absolute Gasteiger partial charge is 1.00 e. The normalized spacial score (nSPS) is 20.9. The fourth-order valence-electron chi connectivity index (χ4n) is 3.27. The molecule has 146 valence electrons. The molecule has 0 radical (unpaired) electrons. The maximum Gasteiger partial charge on any atom is 1.00 e. The Balaban J connectivity index is 0.00000364. The Labute approximate surface area is 174 Å². The fourth-order valence-corrected chi connectivity index (χ4v) is 5.34. The summed E-state index contributed by atoms with van der Waals surface area (Å²) in [6, 6.07) is 6.42. The number of carbonyl (C=O) groups is 1. The average molecular weight is 389 g/mol. The molecule has 27 heavy (non-hydrogen) atoms. The molecule has 0 fully saturated rings. The molecule has 0 bridgehead atoms. The number of rotatable bonds is 9. The maximum absolute atomic E-state index is 12.4. The Hall–Kier alpha value is -0.863. The van der Waals surface area contributed by atoms with Crippen LogP contribution < -0.4 is 24.2 Å². The van der Waals surface area contributed by atoms with E-state index < -0.39 is 19.4 Å². The van der Waals surface area contributed by atoms with E-state index in [1.165, 1.54) is 6.07 Å². The predicted molar refractivity (Wildman–Crippen MR) is 103 cm³/mol. The first-order chi connectivity index (χ1) is 12.3. The molecule has 1 aromatic rings. The summed E-state index contributed by atoms with van der Waals surface area (Å²) < 4.78 is 12.4. The van der Waals surface area contributed by atoms with Gasteiger partial charge in [0.05, 0.1) is 17.8 Å². The molecule has 0 aromatic heterocycles. The van der Waals surface area contributed by atoms with Gasteiger partial charge in [0.15, 0.2) is 0 Å². The van der Waals surface area contributed by atoms with Gasteiger partial charge < -0.3 is 21.8 Å². The zero-order valence-corrected chi connectivity index (χ0v) is 16.9. The molecule has 1 aliphatic carbocycles. The van der Waals surface area contributed by atoms with Crippen LogP contribution >= 0.6 is 7.37 Å². The van der Waals surface area contributed by atoms with Crippen molar-refractivity contribution < 1.29 is 44.8 Å². The van der Waals surface area contributed by atoms with E-state index in [0.29, 0.717) is 0 Å². The number of hydrogen-bond donors (Lipinski definition) is 4. The van der Waals surface area contributed by atoms with Crippen molar-refractivity contribution in [1.29, 1.82) is 0 Å². The number of aromatic carboxylic acids is 1. The summed E-state index contributed by atoms with van der Waals surface area (Å²) >= 11 is 0. The average Bonchev–Trinajstić information content (AvgIpc) is 2.59. The van der Waals surface area contributed by atoms with Crippen LogP contribution in [0.4, 0.5) is 0 Å². The number of carboxylic acid groups (broad SMARTS) is 1. The maximum atomic E-state index is 12.4. The summed E-state index contributed by atoms with van der Waals surface area (Å²) in [5.74, 6) is -0.772. The minimum Gasteiger partial charge on any atom is -1.00 e. The van der Waals surface area contributed by atoms with Crippen molar-refractivity contribution in [2.75, 3.05) is 18.9 Å². The molecule has 0 saturated carbocycles. The first-order valence-corrected chi connectivity index (χ1v) is 11.0. The van der Waals surface area contributed by atoms with Crippen LogP contribution in [0.15, 0.2) is 36.4 Å². The summed E-state index contributed by atoms with van der Waals surface area (Å²) in [6.45, 7) is 2.04. The van der Waals surface area contributed by atoms with Gasteiger partial charge in [0.2, 0.25) is 7.37 Å². The number of carboxylic acids is 1. The molecular weight excluding hydrogens is 360 g/mol. The zero-order valence-electron chi connectivity index (χ0n) is 17.0. The van der Waals surface area contributed by atoms with E-state index >= 15 is 0 Å². The van der Waals surface area contributed by atoms with Crippen LogP contribution in [0, 0.1) is 5.92 Å². The number of aliphatic hydroxyl groups is 1. The van der Waals surface area contributed by atoms with E-state index in [1.807, 2.05) is 13.0 Å². The third kappa shape index (κ3) is 8.35. The van der Waals surface area contributed by atoms with Crippen molar-refractivity contribution in [2.24, 2.45) is 5.92 Å². The van der Waals surface area contributed by atoms with Gasteiger partial charge in [-0.3, -0.25) is 4.57 Å². The molecule has 6 nitrogen and oxygen atoms in total. The van der Waals surface area contributed by atoms with Gasteiger partial charge in [0, 0.05) is 18.7 Å². The molecule has 4 N–H and O–H groups in total. The number of hydrogen-bond acceptors (Lipinski definition) is 4. The van der Waals surface area contributed by atoms with Crippen LogP contribution in [0.1, 0.15) is 49.6 Å². The van der Waals surface area contributed by atoms with Gasteiger partial charge in [-0.25, -0.2) is 4.79 Å². The second-order valence-electron chi connectivity index (χ2n) is 7.08. The van der Waals surface area contributed by atoms with E-state index in [2.05, 4.69) is 17.5 Å². The monoisotopic (exact) mass is 389 g/mol. The molecule has 0 saturated heterocycles. The topological polar surface area (TPSA) is 107 Å². The van der Waals surface area contributed by atoms with Gasteiger partial charge in [-0.05, 0) is 49.8 Å². The third-order valence-corrected chi connectivity index (χ3v) is 6.79. The van der Waals surface area contributed by atoms with E-state index in [0.717, 1.165) is 24.8 Å². The van der Waals surface area contributed by atoms with Crippen LogP contribution in [-0.4, -0.2) is 46.0 Å². The van der Waals surface area contributed by atoms with Crippen LogP contribution in [-0.2, 0) is 4.57 Å². The molecule has 2 rings (SSSR count). The molecular formula is C19H29LiNO5P. The second kappa shape index (κ2) is 11.2. The van der Waals surface area contributed by atoms with Crippen LogP contribution in [0.3, 0.4) is 0 Å². The van der Waals surface area contributed by atoms with Crippen LogP contribution in [0.2, 0.25) is 0 Å². The second-order valence-corrected chi connectivity index (χ2v) is 9.50. The predicted octanol–water partition coefficient (Wildman–Crippen LogP) is 0.140. The Morgan fingerprint density at radius 2 is 2.15 bits per heavy atom. The summed E-state index contributed by atoms with van der Waals surface area (Å²) in [4.78, 5) is 21.2. The van der Waals surface area contributed by atoms with Gasteiger partial charge >= 0.3 is 24.8 Å². The molecule has 8 heteroatoms. The number of aliphatic hydroxyl groups excluding tert-OH is 1. The molecule has 0 amide bonds. The van der Waals surface area contributed by atoms with Gasteiger partial charge in [-0.1, -0.05) is 24.3 Å². The molecule has 4 atom stereocenters. The Morgan fingerprint density at radius 1 is 1.41 bits per heavy atom. The number of allylic oxidation sites excluding steroid dienone is 2. The van der Waals surface area contributed by atoms with Gasteiger partial charge in [0.1, 0.15) is 0 Å². The van der Waals surface area contributed by atoms with Gasteiger partial charge in [0.25, 0.3) is 0 Å². The summed E-state index contributed by atoms with van der Waals surface area (Å²) in [7, 11) is -3.37. The molecule has 1 aliphatic rings. The van der Waals surface area contributed by atoms with Crippen LogP contribution in [0.25, 0.3) is 0 Å². The smallest absolute Gasteiger partial charge is 1.00 e. The standard InChI is InChI=1S/C19H28NO5P.Li.H/c1-14(16-8-5-9-17(10-16)19(22)23)20-11-18(21)13-26(24,25)12-15-6-3-2-4-7-15;;/h2-3,5,8-10,14-15,18,20-21H,4,6-7,11-13H2,1H3,(H,22,23)(H,24,25);;/q;+1;-1/t14-,15?,18-;;/m1../s1. The Morgan fingerprint density at radius 3 is 2.78 bits per heavy atom. The summed E-state index contributed by atoms with van der Waals surface area (Å²) in [5.41, 5.74) is 0.997. The summed E-state index contributed by atoms with van der Waals surface area (Å²) in [6.07, 6.45) is 6.06. The molecule has 0 heterocycles. The number of benzene rings is 1. The van der Waals surface area contributed by atoms with E-state index in [4.69, 9.17) is 5.11 Å². The van der Waals surface area contributed by atoms with Crippen molar-refractivity contribution >= 4 is 13.3 Å². The van der Waals surface area contributed by atoms with Crippen molar-refractivity contribution in [1.82, 2.24) is 5.32 Å². The minimum atomic E-state index is -3.37. The third-order valence-electron chi connectivity index (χ3n) is 4.71. The molecule has 0 aliphatic heterocycles. The zero-order chi connectivity index (χ0) is 19.2. The van der Waals surface area contributed by atoms with E-state index in [9.17, 15) is 19.4 Å². The first-order valence-electron chi connectivity index (χ1n) is 8.97. The van der Waals surface area contributed by atoms with E-state index in [1.54, 1.807) is 12.1 Å². The molecule has 1 aromatic carbocycles. The Kier molecular flexibility index (Phi) is 10.0. The number of nitrogens with one attached hydrogen (secondary N) is 1. The quantitative estimate of drug-likeness (QED) is 0.272. The SMILES string of the molecule is C[C@@H](NC[C@@H](O)CP(=O)(O)CC1CC=CCC1)c1cccc(C(=O)O)c1.[H-].[Li+]. The van der Waals surface area contributed by atoms with Crippen LogP contribution in [0.5, 0.6) is 0 Å². The Bertz CT molecular complexity index is 703. The fraction of sp³-hybridized carbons (Fsp3) is 0.526. The van der Waals surface area contributed by atoms with E-state index in [-0.39, 0.29) is 56.7 Å². The van der Waals surface area contributed by atoms with Crippen molar-refractivity contribution in [3.8, 4) is 0 Å². The van der Waals surface area contributed by atoms with Crippen molar-refractivity contribution in [2.45, 2.75) is 38.3 Å². The van der Waals surface area contributed by atoms with Gasteiger partial charge in [-0.2, -0.15) is 0 Å².